The fourth-order valence-electron chi connectivity index (χ4n) is 1.84. The van der Waals surface area contributed by atoms with Gasteiger partial charge in [-0.25, -0.2) is 9.59 Å². The zero-order chi connectivity index (χ0) is 12.9. The highest BCUT2D eigenvalue weighted by molar-refractivity contribution is 5.70. The molecule has 0 atom stereocenters. The summed E-state index contributed by atoms with van der Waals surface area (Å²) >= 11 is 0. The predicted octanol–water partition coefficient (Wildman–Crippen LogP) is 0.802. The van der Waals surface area contributed by atoms with Gasteiger partial charge in [0.2, 0.25) is 0 Å². The minimum absolute atomic E-state index is 0.0469. The molecule has 0 saturated heterocycles. The Bertz CT molecular complexity index is 386. The number of likely N-dealkylation sites (N-methyl/N-ethyl adjacent to an activating group) is 1. The van der Waals surface area contributed by atoms with E-state index in [0.29, 0.717) is 6.54 Å². The first kappa shape index (κ1) is 13.2. The Balaban J connectivity index is 2.83. The predicted molar refractivity (Wildman–Crippen MR) is 61.3 cm³/mol. The Kier molecular flexibility index (Phi) is 4.23. The summed E-state index contributed by atoms with van der Waals surface area (Å²) < 4.78 is -0.0469. The lowest BCUT2D eigenvalue weighted by Crippen LogP contribution is -2.50. The highest BCUT2D eigenvalue weighted by atomic mass is 16.4. The molecule has 0 aromatic heterocycles. The van der Waals surface area contributed by atoms with E-state index in [2.05, 4.69) is 0 Å². The van der Waals surface area contributed by atoms with Crippen molar-refractivity contribution < 1.29 is 24.3 Å². The Morgan fingerprint density at radius 2 is 1.53 bits per heavy atom. The molecule has 17 heavy (non-hydrogen) atoms. The molecule has 0 aliphatic carbocycles. The van der Waals surface area contributed by atoms with Crippen molar-refractivity contribution in [3.63, 3.8) is 0 Å². The van der Waals surface area contributed by atoms with Crippen LogP contribution in [0.1, 0.15) is 5.56 Å². The largest absolute Gasteiger partial charge is 0.477 e. The Labute approximate surface area is 99.5 Å². The summed E-state index contributed by atoms with van der Waals surface area (Å²) in [6.07, 6.45) is 0. The van der Waals surface area contributed by atoms with Crippen molar-refractivity contribution in [1.82, 2.24) is 0 Å². The van der Waals surface area contributed by atoms with Crippen molar-refractivity contribution in [3.8, 4) is 0 Å². The van der Waals surface area contributed by atoms with Crippen LogP contribution in [0.5, 0.6) is 0 Å². The molecule has 1 aromatic rings. The number of aliphatic carboxylic acids is 2. The molecule has 0 radical (unpaired) electrons. The van der Waals surface area contributed by atoms with Gasteiger partial charge in [0.25, 0.3) is 0 Å². The van der Waals surface area contributed by atoms with E-state index < -0.39 is 11.9 Å². The molecule has 0 saturated carbocycles. The lowest BCUT2D eigenvalue weighted by atomic mass is 10.2. The molecule has 92 valence electrons. The number of benzene rings is 1. The summed E-state index contributed by atoms with van der Waals surface area (Å²) in [6.45, 7) is -0.0260. The number of hydrogen-bond acceptors (Lipinski definition) is 2. The summed E-state index contributed by atoms with van der Waals surface area (Å²) in [4.78, 5) is 21.6. The second-order valence-electron chi connectivity index (χ2n) is 4.37. The van der Waals surface area contributed by atoms with Gasteiger partial charge in [-0.1, -0.05) is 30.3 Å². The van der Waals surface area contributed by atoms with E-state index >= 15 is 0 Å². The maximum absolute atomic E-state index is 10.8. The topological polar surface area (TPSA) is 74.6 Å². The van der Waals surface area contributed by atoms with Crippen LogP contribution < -0.4 is 0 Å². The molecule has 0 fully saturated rings. The summed E-state index contributed by atoms with van der Waals surface area (Å²) in [5.41, 5.74) is 0.928. The maximum atomic E-state index is 10.8. The van der Waals surface area contributed by atoms with Crippen LogP contribution in [0.2, 0.25) is 0 Å². The number of nitrogens with zero attached hydrogens (tertiary/aromatic N) is 1. The van der Waals surface area contributed by atoms with Crippen LogP contribution in [-0.4, -0.2) is 46.8 Å². The van der Waals surface area contributed by atoms with Gasteiger partial charge in [0.1, 0.15) is 6.54 Å². The third-order valence-electron chi connectivity index (χ3n) is 2.44. The zero-order valence-corrected chi connectivity index (χ0v) is 9.67. The van der Waals surface area contributed by atoms with Crippen LogP contribution in [0.4, 0.5) is 0 Å². The van der Waals surface area contributed by atoms with Crippen LogP contribution in [0, 0.1) is 0 Å². The van der Waals surface area contributed by atoms with Crippen molar-refractivity contribution in [3.05, 3.63) is 35.9 Å². The SMILES string of the molecule is C[N+](CC(=O)O)(CC(=O)O)Cc1ccccc1. The van der Waals surface area contributed by atoms with E-state index in [1.54, 1.807) is 7.05 Å². The molecule has 0 heterocycles. The molecule has 5 heteroatoms. The van der Waals surface area contributed by atoms with E-state index in [9.17, 15) is 9.59 Å². The molecule has 5 nitrogen and oxygen atoms in total. The van der Waals surface area contributed by atoms with Crippen molar-refractivity contribution in [2.24, 2.45) is 0 Å². The Morgan fingerprint density at radius 3 is 1.94 bits per heavy atom. The van der Waals surface area contributed by atoms with E-state index in [-0.39, 0.29) is 17.6 Å². The summed E-state index contributed by atoms with van der Waals surface area (Å²) in [5.74, 6) is -1.99. The summed E-state index contributed by atoms with van der Waals surface area (Å²) in [6, 6.07) is 9.28. The van der Waals surface area contributed by atoms with E-state index in [4.69, 9.17) is 10.2 Å². The summed E-state index contributed by atoms with van der Waals surface area (Å²) in [7, 11) is 1.63. The molecule has 0 amide bonds. The smallest absolute Gasteiger partial charge is 0.359 e. The maximum Gasteiger partial charge on any atom is 0.359 e. The second kappa shape index (κ2) is 5.45. The van der Waals surface area contributed by atoms with Gasteiger partial charge in [0.05, 0.1) is 7.05 Å². The van der Waals surface area contributed by atoms with Gasteiger partial charge >= 0.3 is 11.9 Å². The first-order valence-electron chi connectivity index (χ1n) is 5.22. The number of carboxylic acid groups (broad SMARTS) is 2. The molecule has 2 N–H and O–H groups in total. The summed E-state index contributed by atoms with van der Waals surface area (Å²) in [5, 5.41) is 17.7. The van der Waals surface area contributed by atoms with Crippen molar-refractivity contribution in [1.29, 1.82) is 0 Å². The first-order valence-corrected chi connectivity index (χ1v) is 5.22. The number of quaternary nitrogens is 1. The highest BCUT2D eigenvalue weighted by Gasteiger charge is 2.28. The minimum atomic E-state index is -0.996. The minimum Gasteiger partial charge on any atom is -0.477 e. The van der Waals surface area contributed by atoms with Crippen LogP contribution in [0.3, 0.4) is 0 Å². The third-order valence-corrected chi connectivity index (χ3v) is 2.44. The lowest BCUT2D eigenvalue weighted by molar-refractivity contribution is -0.908. The Morgan fingerprint density at radius 1 is 1.06 bits per heavy atom. The molecule has 0 unspecified atom stereocenters. The second-order valence-corrected chi connectivity index (χ2v) is 4.37. The van der Waals surface area contributed by atoms with Crippen LogP contribution >= 0.6 is 0 Å². The molecule has 0 aliphatic heterocycles. The quantitative estimate of drug-likeness (QED) is 0.719. The van der Waals surface area contributed by atoms with Gasteiger partial charge in [-0.2, -0.15) is 0 Å². The molecule has 0 bridgehead atoms. The fraction of sp³-hybridized carbons (Fsp3) is 0.333. The normalized spacial score (nSPS) is 11.1. The number of carboxylic acids is 2. The number of carbonyl (C=O) groups is 2. The third kappa shape index (κ3) is 4.65. The van der Waals surface area contributed by atoms with Gasteiger partial charge in [0.15, 0.2) is 13.1 Å². The van der Waals surface area contributed by atoms with E-state index in [1.165, 1.54) is 0 Å². The molecule has 0 aliphatic rings. The van der Waals surface area contributed by atoms with Gasteiger partial charge in [0, 0.05) is 5.56 Å². The van der Waals surface area contributed by atoms with Gasteiger partial charge in [-0.05, 0) is 0 Å². The first-order chi connectivity index (χ1) is 7.91. The lowest BCUT2D eigenvalue weighted by Gasteiger charge is -2.31. The van der Waals surface area contributed by atoms with Crippen molar-refractivity contribution in [2.75, 3.05) is 20.1 Å². The van der Waals surface area contributed by atoms with Crippen molar-refractivity contribution in [2.45, 2.75) is 6.54 Å². The molecule has 1 rings (SSSR count). The van der Waals surface area contributed by atoms with Crippen LogP contribution in [0.25, 0.3) is 0 Å². The van der Waals surface area contributed by atoms with Crippen LogP contribution in [-0.2, 0) is 16.1 Å². The standard InChI is InChI=1S/C12H15NO4/c1-13(8-11(14)15,9-12(16)17)7-10-5-3-2-4-6-10/h2-6H,7-9H2,1H3,(H-,14,15,16,17)/p+1. The van der Waals surface area contributed by atoms with Gasteiger partial charge < -0.3 is 14.7 Å². The van der Waals surface area contributed by atoms with Crippen molar-refractivity contribution >= 4 is 11.9 Å². The van der Waals surface area contributed by atoms with E-state index in [0.717, 1.165) is 5.56 Å². The number of rotatable bonds is 6. The molecule has 1 aromatic carbocycles. The Hall–Kier alpha value is -1.88. The average Bonchev–Trinajstić information content (AvgIpc) is 2.15. The zero-order valence-electron chi connectivity index (χ0n) is 9.67. The van der Waals surface area contributed by atoms with E-state index in [1.807, 2.05) is 30.3 Å². The molecular formula is C12H16NO4+. The molecule has 0 spiro atoms. The van der Waals surface area contributed by atoms with Crippen LogP contribution in [0.15, 0.2) is 30.3 Å². The molecular weight excluding hydrogens is 222 g/mol. The fourth-order valence-corrected chi connectivity index (χ4v) is 1.84. The average molecular weight is 238 g/mol. The van der Waals surface area contributed by atoms with Gasteiger partial charge in [-0.15, -0.1) is 0 Å². The van der Waals surface area contributed by atoms with Gasteiger partial charge in [-0.3, -0.25) is 0 Å². The monoisotopic (exact) mass is 238 g/mol. The number of hydrogen-bond donors (Lipinski definition) is 2. The highest BCUT2D eigenvalue weighted by Crippen LogP contribution is 2.11.